The zero-order valence-corrected chi connectivity index (χ0v) is 14.5. The number of carbonyl (C=O) groups excluding carboxylic acids is 1. The Balaban J connectivity index is 1.64. The summed E-state index contributed by atoms with van der Waals surface area (Å²) >= 11 is 6.18. The van der Waals surface area contributed by atoms with E-state index in [9.17, 15) is 18.0 Å². The summed E-state index contributed by atoms with van der Waals surface area (Å²) in [7, 11) is 0. The number of urea groups is 1. The van der Waals surface area contributed by atoms with Crippen molar-refractivity contribution in [2.75, 3.05) is 36.4 Å². The van der Waals surface area contributed by atoms with Crippen LogP contribution in [-0.4, -0.2) is 37.1 Å². The first-order chi connectivity index (χ1) is 12.4. The van der Waals surface area contributed by atoms with Crippen LogP contribution in [0.4, 0.5) is 29.3 Å². The van der Waals surface area contributed by atoms with Crippen molar-refractivity contribution >= 4 is 29.0 Å². The minimum absolute atomic E-state index is 0.237. The van der Waals surface area contributed by atoms with Gasteiger partial charge >= 0.3 is 12.2 Å². The molecule has 1 aliphatic rings. The molecule has 0 saturated carbocycles. The van der Waals surface area contributed by atoms with Crippen molar-refractivity contribution in [3.05, 3.63) is 59.1 Å². The lowest BCUT2D eigenvalue weighted by atomic mass is 10.1. The molecule has 1 saturated heterocycles. The minimum atomic E-state index is -4.52. The summed E-state index contributed by atoms with van der Waals surface area (Å²) in [5.74, 6) is 0. The van der Waals surface area contributed by atoms with Gasteiger partial charge in [-0.25, -0.2) is 4.79 Å². The van der Waals surface area contributed by atoms with Crippen molar-refractivity contribution in [3.63, 3.8) is 0 Å². The number of nitrogens with one attached hydrogen (secondary N) is 1. The van der Waals surface area contributed by atoms with Gasteiger partial charge in [-0.05, 0) is 24.3 Å². The monoisotopic (exact) mass is 383 g/mol. The van der Waals surface area contributed by atoms with Gasteiger partial charge in [0.15, 0.2) is 0 Å². The molecule has 0 bridgehead atoms. The van der Waals surface area contributed by atoms with Gasteiger partial charge in [0.05, 0.1) is 22.0 Å². The predicted molar refractivity (Wildman–Crippen MR) is 95.7 cm³/mol. The number of nitrogens with zero attached hydrogens (tertiary/aromatic N) is 2. The maximum atomic E-state index is 13.0. The number of alkyl halides is 3. The zero-order valence-electron chi connectivity index (χ0n) is 13.8. The van der Waals surface area contributed by atoms with Crippen molar-refractivity contribution < 1.29 is 18.0 Å². The van der Waals surface area contributed by atoms with Gasteiger partial charge in [0.25, 0.3) is 0 Å². The van der Waals surface area contributed by atoms with Gasteiger partial charge < -0.3 is 15.1 Å². The van der Waals surface area contributed by atoms with E-state index in [1.165, 1.54) is 23.1 Å². The van der Waals surface area contributed by atoms with Gasteiger partial charge in [0.2, 0.25) is 0 Å². The molecule has 0 aliphatic carbocycles. The third-order valence-electron chi connectivity index (χ3n) is 4.23. The zero-order chi connectivity index (χ0) is 18.7. The van der Waals surface area contributed by atoms with Gasteiger partial charge in [0.1, 0.15) is 0 Å². The quantitative estimate of drug-likeness (QED) is 0.815. The highest BCUT2D eigenvalue weighted by Crippen LogP contribution is 2.34. The highest BCUT2D eigenvalue weighted by Gasteiger charge is 2.34. The Kier molecular flexibility index (Phi) is 5.27. The molecule has 8 heteroatoms. The fraction of sp³-hybridized carbons (Fsp3) is 0.278. The molecular weight excluding hydrogens is 367 g/mol. The Morgan fingerprint density at radius 2 is 1.58 bits per heavy atom. The second kappa shape index (κ2) is 7.45. The number of halogens is 4. The first-order valence-corrected chi connectivity index (χ1v) is 8.45. The number of piperazine rings is 1. The summed E-state index contributed by atoms with van der Waals surface area (Å²) in [6.07, 6.45) is -4.52. The summed E-state index contributed by atoms with van der Waals surface area (Å²) in [6.45, 7) is 1.90. The molecule has 0 unspecified atom stereocenters. The first-order valence-electron chi connectivity index (χ1n) is 8.08. The van der Waals surface area contributed by atoms with Crippen LogP contribution in [0.3, 0.4) is 0 Å². The lowest BCUT2D eigenvalue weighted by molar-refractivity contribution is -0.136. The highest BCUT2D eigenvalue weighted by molar-refractivity contribution is 6.33. The van der Waals surface area contributed by atoms with Gasteiger partial charge in [-0.15, -0.1) is 0 Å². The molecule has 138 valence electrons. The van der Waals surface area contributed by atoms with E-state index in [-0.39, 0.29) is 5.69 Å². The Bertz CT molecular complexity index is 789. The summed E-state index contributed by atoms with van der Waals surface area (Å²) in [4.78, 5) is 15.9. The second-order valence-corrected chi connectivity index (χ2v) is 6.31. The average Bonchev–Trinajstić information content (AvgIpc) is 2.62. The van der Waals surface area contributed by atoms with Crippen LogP contribution in [0, 0.1) is 0 Å². The highest BCUT2D eigenvalue weighted by atomic mass is 35.5. The second-order valence-electron chi connectivity index (χ2n) is 5.90. The molecule has 4 nitrogen and oxygen atoms in total. The van der Waals surface area contributed by atoms with Crippen LogP contribution in [0.2, 0.25) is 5.02 Å². The number of benzene rings is 2. The van der Waals surface area contributed by atoms with Crippen LogP contribution in [-0.2, 0) is 6.18 Å². The first kappa shape index (κ1) is 18.4. The third kappa shape index (κ3) is 4.04. The standard InChI is InChI=1S/C18H17ClF3N3O/c19-14-6-2-4-8-16(14)24-9-11-25(12-10-24)17(26)23-15-7-3-1-5-13(15)18(20,21)22/h1-8H,9-12H2,(H,23,26). The molecule has 0 atom stereocenters. The largest absolute Gasteiger partial charge is 0.418 e. The van der Waals surface area contributed by atoms with E-state index in [1.807, 2.05) is 18.2 Å². The van der Waals surface area contributed by atoms with E-state index in [0.29, 0.717) is 31.2 Å². The Morgan fingerprint density at radius 3 is 2.23 bits per heavy atom. The number of anilines is 2. The van der Waals surface area contributed by atoms with Crippen LogP contribution >= 0.6 is 11.6 Å². The molecule has 1 N–H and O–H groups in total. The number of carbonyl (C=O) groups is 1. The van der Waals surface area contributed by atoms with Gasteiger partial charge in [-0.3, -0.25) is 0 Å². The number of amides is 2. The van der Waals surface area contributed by atoms with Crippen molar-refractivity contribution in [2.24, 2.45) is 0 Å². The Labute approximate surface area is 154 Å². The van der Waals surface area contributed by atoms with Crippen molar-refractivity contribution in [3.8, 4) is 0 Å². The molecule has 0 aromatic heterocycles. The van der Waals surface area contributed by atoms with Crippen LogP contribution in [0.1, 0.15) is 5.56 Å². The predicted octanol–water partition coefficient (Wildman–Crippen LogP) is 4.71. The summed E-state index contributed by atoms with van der Waals surface area (Å²) < 4.78 is 39.1. The lowest BCUT2D eigenvalue weighted by Gasteiger charge is -2.36. The number of para-hydroxylation sites is 2. The molecule has 2 aromatic carbocycles. The molecular formula is C18H17ClF3N3O. The van der Waals surface area contributed by atoms with Gasteiger partial charge in [-0.2, -0.15) is 13.2 Å². The fourth-order valence-electron chi connectivity index (χ4n) is 2.89. The van der Waals surface area contributed by atoms with Crippen molar-refractivity contribution in [1.82, 2.24) is 4.90 Å². The number of hydrogen-bond acceptors (Lipinski definition) is 2. The van der Waals surface area contributed by atoms with E-state index >= 15 is 0 Å². The molecule has 1 heterocycles. The topological polar surface area (TPSA) is 35.6 Å². The van der Waals surface area contributed by atoms with Crippen molar-refractivity contribution in [1.29, 1.82) is 0 Å². The summed E-state index contributed by atoms with van der Waals surface area (Å²) in [6, 6.07) is 11.8. The number of rotatable bonds is 2. The van der Waals surface area contributed by atoms with Crippen LogP contribution in [0.5, 0.6) is 0 Å². The summed E-state index contributed by atoms with van der Waals surface area (Å²) in [5.41, 5.74) is -0.210. The van der Waals surface area contributed by atoms with E-state index in [2.05, 4.69) is 10.2 Å². The summed E-state index contributed by atoms with van der Waals surface area (Å²) in [5, 5.41) is 3.00. The minimum Gasteiger partial charge on any atom is -0.367 e. The smallest absolute Gasteiger partial charge is 0.367 e. The maximum Gasteiger partial charge on any atom is 0.418 e. The van der Waals surface area contributed by atoms with Crippen molar-refractivity contribution in [2.45, 2.75) is 6.18 Å². The van der Waals surface area contributed by atoms with Crippen LogP contribution in [0.15, 0.2) is 48.5 Å². The number of hydrogen-bond donors (Lipinski definition) is 1. The SMILES string of the molecule is O=C(Nc1ccccc1C(F)(F)F)N1CCN(c2ccccc2Cl)CC1. The van der Waals surface area contributed by atoms with E-state index in [0.717, 1.165) is 11.8 Å². The van der Waals surface area contributed by atoms with E-state index in [1.54, 1.807) is 6.07 Å². The van der Waals surface area contributed by atoms with Crippen LogP contribution in [0.25, 0.3) is 0 Å². The molecule has 0 radical (unpaired) electrons. The van der Waals surface area contributed by atoms with E-state index in [4.69, 9.17) is 11.6 Å². The van der Waals surface area contributed by atoms with E-state index < -0.39 is 17.8 Å². The lowest BCUT2D eigenvalue weighted by Crippen LogP contribution is -2.50. The Hall–Kier alpha value is -2.41. The van der Waals surface area contributed by atoms with Gasteiger partial charge in [-0.1, -0.05) is 35.9 Å². The van der Waals surface area contributed by atoms with Crippen LogP contribution < -0.4 is 10.2 Å². The van der Waals surface area contributed by atoms with Gasteiger partial charge in [0, 0.05) is 26.2 Å². The fourth-order valence-corrected chi connectivity index (χ4v) is 3.15. The third-order valence-corrected chi connectivity index (χ3v) is 4.55. The molecule has 3 rings (SSSR count). The molecule has 2 aromatic rings. The maximum absolute atomic E-state index is 13.0. The molecule has 26 heavy (non-hydrogen) atoms. The average molecular weight is 384 g/mol. The molecule has 2 amide bonds. The molecule has 1 aliphatic heterocycles. The Morgan fingerprint density at radius 1 is 0.962 bits per heavy atom. The molecule has 0 spiro atoms. The normalized spacial score (nSPS) is 15.1. The molecule has 1 fully saturated rings.